The Morgan fingerprint density at radius 2 is 1.89 bits per heavy atom. The molecule has 6 heteroatoms. The van der Waals surface area contributed by atoms with Gasteiger partial charge in [0.15, 0.2) is 5.17 Å². The van der Waals surface area contributed by atoms with Crippen molar-refractivity contribution >= 4 is 40.1 Å². The van der Waals surface area contributed by atoms with Crippen LogP contribution in [0.3, 0.4) is 0 Å². The predicted molar refractivity (Wildman–Crippen MR) is 111 cm³/mol. The molecular formula is C21H23N3O2S. The number of anilines is 1. The monoisotopic (exact) mass is 381 g/mol. The van der Waals surface area contributed by atoms with Gasteiger partial charge in [0.05, 0.1) is 5.69 Å². The highest BCUT2D eigenvalue weighted by molar-refractivity contribution is 8.15. The lowest BCUT2D eigenvalue weighted by Crippen LogP contribution is -2.30. The fourth-order valence-electron chi connectivity index (χ4n) is 2.84. The van der Waals surface area contributed by atoms with Gasteiger partial charge in [-0.2, -0.15) is 0 Å². The van der Waals surface area contributed by atoms with E-state index in [1.165, 1.54) is 11.8 Å². The maximum atomic E-state index is 12.5. The van der Waals surface area contributed by atoms with E-state index in [0.29, 0.717) is 5.17 Å². The molecule has 1 aliphatic rings. The molecule has 0 saturated carbocycles. The summed E-state index contributed by atoms with van der Waals surface area (Å²) < 4.78 is 0. The fraction of sp³-hybridized carbons (Fsp3) is 0.286. The average molecular weight is 382 g/mol. The molecular weight excluding hydrogens is 358 g/mol. The molecule has 0 bridgehead atoms. The van der Waals surface area contributed by atoms with E-state index in [0.717, 1.165) is 28.9 Å². The Morgan fingerprint density at radius 3 is 2.59 bits per heavy atom. The Labute approximate surface area is 163 Å². The second-order valence-corrected chi connectivity index (χ2v) is 7.67. The number of amidine groups is 1. The van der Waals surface area contributed by atoms with Crippen molar-refractivity contribution in [1.29, 1.82) is 0 Å². The highest BCUT2D eigenvalue weighted by atomic mass is 32.2. The third kappa shape index (κ3) is 4.57. The number of thioether (sulfide) groups is 1. The summed E-state index contributed by atoms with van der Waals surface area (Å²) in [5, 5.41) is 3.03. The van der Waals surface area contributed by atoms with E-state index in [1.54, 1.807) is 11.9 Å². The normalized spacial score (nSPS) is 18.2. The van der Waals surface area contributed by atoms with Gasteiger partial charge >= 0.3 is 0 Å². The lowest BCUT2D eigenvalue weighted by atomic mass is 10.1. The van der Waals surface area contributed by atoms with E-state index >= 15 is 0 Å². The number of nitrogens with one attached hydrogen (secondary N) is 1. The van der Waals surface area contributed by atoms with Crippen LogP contribution in [0.25, 0.3) is 0 Å². The molecule has 0 aliphatic carbocycles. The first kappa shape index (κ1) is 19.2. The first-order chi connectivity index (χ1) is 13.0. The quantitative estimate of drug-likeness (QED) is 0.846. The Hall–Kier alpha value is -2.60. The maximum Gasteiger partial charge on any atom is 0.242 e. The molecule has 1 aliphatic heterocycles. The van der Waals surface area contributed by atoms with Crippen molar-refractivity contribution < 1.29 is 9.59 Å². The van der Waals surface area contributed by atoms with Gasteiger partial charge in [-0.25, -0.2) is 4.99 Å². The van der Waals surface area contributed by atoms with Gasteiger partial charge in [-0.15, -0.1) is 0 Å². The number of aliphatic imine (C=N–C) groups is 1. The summed E-state index contributed by atoms with van der Waals surface area (Å²) in [7, 11) is 1.71. The number of rotatable bonds is 5. The van der Waals surface area contributed by atoms with E-state index < -0.39 is 5.25 Å². The summed E-state index contributed by atoms with van der Waals surface area (Å²) in [6, 6.07) is 15.5. The Kier molecular flexibility index (Phi) is 5.96. The molecule has 140 valence electrons. The van der Waals surface area contributed by atoms with E-state index in [9.17, 15) is 9.59 Å². The number of hydrogen-bond acceptors (Lipinski definition) is 4. The van der Waals surface area contributed by atoms with Crippen LogP contribution in [0.15, 0.2) is 53.5 Å². The highest BCUT2D eigenvalue weighted by Crippen LogP contribution is 2.31. The van der Waals surface area contributed by atoms with Gasteiger partial charge in [-0.05, 0) is 37.1 Å². The number of carbonyl (C=O) groups is 2. The molecule has 0 unspecified atom stereocenters. The molecule has 0 spiro atoms. The minimum Gasteiger partial charge on any atom is -0.326 e. The van der Waals surface area contributed by atoms with Crippen molar-refractivity contribution in [1.82, 2.24) is 4.90 Å². The predicted octanol–water partition coefficient (Wildman–Crippen LogP) is 4.15. The van der Waals surface area contributed by atoms with E-state index in [4.69, 9.17) is 0 Å². The number of hydrogen-bond donors (Lipinski definition) is 1. The van der Waals surface area contributed by atoms with Crippen molar-refractivity contribution in [2.45, 2.75) is 31.9 Å². The molecule has 2 aromatic rings. The Morgan fingerprint density at radius 1 is 1.19 bits per heavy atom. The minimum absolute atomic E-state index is 0.0909. The lowest BCUT2D eigenvalue weighted by Gasteiger charge is -2.10. The number of amides is 2. The fourth-order valence-corrected chi connectivity index (χ4v) is 3.98. The zero-order chi connectivity index (χ0) is 19.4. The summed E-state index contributed by atoms with van der Waals surface area (Å²) >= 11 is 1.35. The molecule has 0 radical (unpaired) electrons. The smallest absolute Gasteiger partial charge is 0.242 e. The maximum absolute atomic E-state index is 12.5. The highest BCUT2D eigenvalue weighted by Gasteiger charge is 2.37. The minimum atomic E-state index is -0.451. The van der Waals surface area contributed by atoms with Gasteiger partial charge in [0.2, 0.25) is 11.8 Å². The average Bonchev–Trinajstić information content (AvgIpc) is 2.92. The molecule has 1 fully saturated rings. The number of para-hydroxylation sites is 1. The third-order valence-electron chi connectivity index (χ3n) is 4.44. The third-order valence-corrected chi connectivity index (χ3v) is 5.66. The van der Waals surface area contributed by atoms with Gasteiger partial charge in [-0.1, -0.05) is 54.6 Å². The van der Waals surface area contributed by atoms with Crippen LogP contribution in [0.1, 0.15) is 24.5 Å². The van der Waals surface area contributed by atoms with Crippen molar-refractivity contribution in [3.05, 3.63) is 59.7 Å². The standard InChI is InChI=1S/C21H23N3O2S/c1-4-15-7-5-6-8-17(15)23-21-24(3)20(26)18(27-21)13-19(25)22-16-11-9-14(2)10-12-16/h5-12,18H,4,13H2,1-3H3,(H,22,25)/t18-/m1/s1. The molecule has 5 nitrogen and oxygen atoms in total. The first-order valence-corrected chi connectivity index (χ1v) is 9.83. The summed E-state index contributed by atoms with van der Waals surface area (Å²) in [6.45, 7) is 4.07. The van der Waals surface area contributed by atoms with Crippen LogP contribution in [-0.4, -0.2) is 34.2 Å². The van der Waals surface area contributed by atoms with Crippen molar-refractivity contribution in [2.75, 3.05) is 12.4 Å². The van der Waals surface area contributed by atoms with E-state index in [2.05, 4.69) is 17.2 Å². The van der Waals surface area contributed by atoms with Crippen molar-refractivity contribution in [2.24, 2.45) is 4.99 Å². The molecule has 27 heavy (non-hydrogen) atoms. The topological polar surface area (TPSA) is 61.8 Å². The molecule has 2 aromatic carbocycles. The number of carbonyl (C=O) groups excluding carboxylic acids is 2. The zero-order valence-corrected chi connectivity index (χ0v) is 16.5. The van der Waals surface area contributed by atoms with Crippen LogP contribution in [0.2, 0.25) is 0 Å². The van der Waals surface area contributed by atoms with Crippen LogP contribution < -0.4 is 5.32 Å². The Bertz CT molecular complexity index is 877. The molecule has 1 N–H and O–H groups in total. The second-order valence-electron chi connectivity index (χ2n) is 6.50. The molecule has 1 saturated heterocycles. The van der Waals surface area contributed by atoms with Crippen LogP contribution in [-0.2, 0) is 16.0 Å². The number of benzene rings is 2. The molecule has 3 rings (SSSR count). The van der Waals surface area contributed by atoms with Gasteiger partial charge in [0.1, 0.15) is 5.25 Å². The molecule has 2 amide bonds. The largest absolute Gasteiger partial charge is 0.326 e. The summed E-state index contributed by atoms with van der Waals surface area (Å²) in [4.78, 5) is 31.1. The molecule has 0 aromatic heterocycles. The van der Waals surface area contributed by atoms with Gasteiger partial charge in [0.25, 0.3) is 0 Å². The summed E-state index contributed by atoms with van der Waals surface area (Å²) in [5.41, 5.74) is 3.86. The second kappa shape index (κ2) is 8.39. The van der Waals surface area contributed by atoms with E-state index in [1.807, 2.05) is 55.5 Å². The van der Waals surface area contributed by atoms with Crippen LogP contribution in [0.5, 0.6) is 0 Å². The number of nitrogens with zero attached hydrogens (tertiary/aromatic N) is 2. The molecule has 1 heterocycles. The molecule has 1 atom stereocenters. The zero-order valence-electron chi connectivity index (χ0n) is 15.7. The van der Waals surface area contributed by atoms with Crippen LogP contribution in [0.4, 0.5) is 11.4 Å². The first-order valence-electron chi connectivity index (χ1n) is 8.95. The van der Waals surface area contributed by atoms with Gasteiger partial charge in [0, 0.05) is 19.2 Å². The van der Waals surface area contributed by atoms with Crippen LogP contribution >= 0.6 is 11.8 Å². The van der Waals surface area contributed by atoms with Crippen LogP contribution in [0, 0.1) is 6.92 Å². The van der Waals surface area contributed by atoms with Gasteiger partial charge in [-0.3, -0.25) is 14.5 Å². The van der Waals surface area contributed by atoms with E-state index in [-0.39, 0.29) is 18.2 Å². The number of aryl methyl sites for hydroxylation is 2. The SMILES string of the molecule is CCc1ccccc1N=C1S[C@H](CC(=O)Nc2ccc(C)cc2)C(=O)N1C. The summed E-state index contributed by atoms with van der Waals surface area (Å²) in [6.07, 6.45) is 0.994. The van der Waals surface area contributed by atoms with Crippen molar-refractivity contribution in [3.63, 3.8) is 0 Å². The van der Waals surface area contributed by atoms with Crippen molar-refractivity contribution in [3.8, 4) is 0 Å². The Balaban J connectivity index is 1.69. The summed E-state index contributed by atoms with van der Waals surface area (Å²) in [5.74, 6) is -0.264. The lowest BCUT2D eigenvalue weighted by molar-refractivity contribution is -0.127. The van der Waals surface area contributed by atoms with Gasteiger partial charge < -0.3 is 5.32 Å².